The van der Waals surface area contributed by atoms with E-state index in [0.717, 1.165) is 17.3 Å². The first-order chi connectivity index (χ1) is 9.29. The first kappa shape index (κ1) is 12.0. The highest BCUT2D eigenvalue weighted by atomic mass is 16.6. The van der Waals surface area contributed by atoms with Crippen LogP contribution in [-0.2, 0) is 17.7 Å². The maximum absolute atomic E-state index is 11.8. The third-order valence-electron chi connectivity index (χ3n) is 3.46. The van der Waals surface area contributed by atoms with Gasteiger partial charge in [0.1, 0.15) is 6.61 Å². The first-order valence-electron chi connectivity index (χ1n) is 6.40. The predicted octanol–water partition coefficient (Wildman–Crippen LogP) is 1.65. The van der Waals surface area contributed by atoms with Crippen LogP contribution in [0.25, 0.3) is 10.9 Å². The Morgan fingerprint density at radius 3 is 3.11 bits per heavy atom. The van der Waals surface area contributed by atoms with Crippen molar-refractivity contribution in [2.24, 2.45) is 0 Å². The molecule has 1 amide bonds. The van der Waals surface area contributed by atoms with Gasteiger partial charge in [0.15, 0.2) is 0 Å². The average molecular weight is 260 g/mol. The van der Waals surface area contributed by atoms with Gasteiger partial charge in [0.05, 0.1) is 13.2 Å². The van der Waals surface area contributed by atoms with Crippen LogP contribution in [0.4, 0.5) is 4.79 Å². The number of aliphatic hydroxyl groups excluding tert-OH is 1. The smallest absolute Gasteiger partial charge is 0.410 e. The number of carbonyl (C=O) groups is 1. The van der Waals surface area contributed by atoms with Crippen molar-refractivity contribution in [2.75, 3.05) is 19.8 Å². The van der Waals surface area contributed by atoms with E-state index in [0.29, 0.717) is 13.1 Å². The Hall–Kier alpha value is -2.01. The number of hydrogen-bond acceptors (Lipinski definition) is 3. The van der Waals surface area contributed by atoms with E-state index in [4.69, 9.17) is 9.84 Å². The Bertz CT molecular complexity index is 606. The maximum atomic E-state index is 11.8. The zero-order valence-corrected chi connectivity index (χ0v) is 10.6. The molecule has 100 valence electrons. The van der Waals surface area contributed by atoms with Gasteiger partial charge in [-0.1, -0.05) is 18.2 Å². The van der Waals surface area contributed by atoms with E-state index in [9.17, 15) is 4.79 Å². The molecule has 0 bridgehead atoms. The Balaban J connectivity index is 1.84. The van der Waals surface area contributed by atoms with Crippen LogP contribution in [0.5, 0.6) is 0 Å². The Labute approximate surface area is 110 Å². The SMILES string of the molecule is O=C(OCCO)N1CCc2[nH]c3ccccc3c2C1. The van der Waals surface area contributed by atoms with Gasteiger partial charge in [-0.25, -0.2) is 4.79 Å². The van der Waals surface area contributed by atoms with Crippen LogP contribution >= 0.6 is 0 Å². The molecule has 0 fully saturated rings. The highest BCUT2D eigenvalue weighted by Gasteiger charge is 2.24. The van der Waals surface area contributed by atoms with Crippen LogP contribution in [0.1, 0.15) is 11.3 Å². The largest absolute Gasteiger partial charge is 0.447 e. The fourth-order valence-corrected chi connectivity index (χ4v) is 2.55. The molecule has 0 spiro atoms. The van der Waals surface area contributed by atoms with Crippen LogP contribution in [0.15, 0.2) is 24.3 Å². The second-order valence-corrected chi connectivity index (χ2v) is 4.64. The van der Waals surface area contributed by atoms with E-state index in [1.54, 1.807) is 4.90 Å². The monoisotopic (exact) mass is 260 g/mol. The van der Waals surface area contributed by atoms with Crippen LogP contribution in [-0.4, -0.2) is 40.8 Å². The first-order valence-corrected chi connectivity index (χ1v) is 6.40. The maximum Gasteiger partial charge on any atom is 0.410 e. The molecule has 5 heteroatoms. The number of fused-ring (bicyclic) bond motifs is 3. The summed E-state index contributed by atoms with van der Waals surface area (Å²) in [7, 11) is 0. The van der Waals surface area contributed by atoms with Crippen molar-refractivity contribution in [1.29, 1.82) is 0 Å². The van der Waals surface area contributed by atoms with E-state index >= 15 is 0 Å². The molecule has 2 aromatic rings. The standard InChI is InChI=1S/C14H16N2O3/c17-7-8-19-14(18)16-6-5-13-11(9-16)10-3-1-2-4-12(10)15-13/h1-4,15,17H,5-9H2. The molecule has 0 saturated carbocycles. The number of ether oxygens (including phenoxy) is 1. The number of H-pyrrole nitrogens is 1. The van der Waals surface area contributed by atoms with Crippen LogP contribution < -0.4 is 0 Å². The fourth-order valence-electron chi connectivity index (χ4n) is 2.55. The lowest BCUT2D eigenvalue weighted by atomic mass is 10.1. The number of aliphatic hydroxyl groups is 1. The highest BCUT2D eigenvalue weighted by molar-refractivity contribution is 5.85. The lowest BCUT2D eigenvalue weighted by Crippen LogP contribution is -2.36. The molecular weight excluding hydrogens is 244 g/mol. The van der Waals surface area contributed by atoms with Gasteiger partial charge in [0.2, 0.25) is 0 Å². The molecule has 2 N–H and O–H groups in total. The van der Waals surface area contributed by atoms with E-state index < -0.39 is 0 Å². The second kappa shape index (κ2) is 4.93. The van der Waals surface area contributed by atoms with Gasteiger partial charge in [-0.05, 0) is 6.07 Å². The summed E-state index contributed by atoms with van der Waals surface area (Å²) >= 11 is 0. The molecule has 1 aromatic carbocycles. The minimum atomic E-state index is -0.356. The number of amides is 1. The second-order valence-electron chi connectivity index (χ2n) is 4.64. The third-order valence-corrected chi connectivity index (χ3v) is 3.46. The van der Waals surface area contributed by atoms with Crippen molar-refractivity contribution in [1.82, 2.24) is 9.88 Å². The summed E-state index contributed by atoms with van der Waals surface area (Å²) in [5.74, 6) is 0. The van der Waals surface area contributed by atoms with Gasteiger partial charge in [0.25, 0.3) is 0 Å². The van der Waals surface area contributed by atoms with Crippen LogP contribution in [0, 0.1) is 0 Å². The minimum Gasteiger partial charge on any atom is -0.447 e. The fraction of sp³-hybridized carbons (Fsp3) is 0.357. The van der Waals surface area contributed by atoms with Crippen LogP contribution in [0.3, 0.4) is 0 Å². The molecule has 0 atom stereocenters. The molecule has 19 heavy (non-hydrogen) atoms. The van der Waals surface area contributed by atoms with E-state index in [-0.39, 0.29) is 19.3 Å². The molecule has 1 aromatic heterocycles. The van der Waals surface area contributed by atoms with Gasteiger partial charge < -0.3 is 19.7 Å². The van der Waals surface area contributed by atoms with Crippen molar-refractivity contribution >= 4 is 17.0 Å². The molecule has 5 nitrogen and oxygen atoms in total. The van der Waals surface area contributed by atoms with Crippen molar-refractivity contribution in [3.63, 3.8) is 0 Å². The van der Waals surface area contributed by atoms with Crippen molar-refractivity contribution in [2.45, 2.75) is 13.0 Å². The van der Waals surface area contributed by atoms with E-state index in [2.05, 4.69) is 11.1 Å². The molecule has 3 rings (SSSR count). The zero-order valence-electron chi connectivity index (χ0n) is 10.6. The van der Waals surface area contributed by atoms with Gasteiger partial charge in [-0.2, -0.15) is 0 Å². The summed E-state index contributed by atoms with van der Waals surface area (Å²) in [6, 6.07) is 8.10. The minimum absolute atomic E-state index is 0.0517. The van der Waals surface area contributed by atoms with Gasteiger partial charge >= 0.3 is 6.09 Å². The van der Waals surface area contributed by atoms with E-state index in [1.165, 1.54) is 11.3 Å². The number of rotatable bonds is 2. The summed E-state index contributed by atoms with van der Waals surface area (Å²) in [6.45, 7) is 1.11. The van der Waals surface area contributed by atoms with Crippen LogP contribution in [0.2, 0.25) is 0 Å². The summed E-state index contributed by atoms with van der Waals surface area (Å²) in [4.78, 5) is 16.9. The molecule has 1 aliphatic rings. The number of para-hydroxylation sites is 1. The van der Waals surface area contributed by atoms with Gasteiger partial charge in [0, 0.05) is 35.1 Å². The molecule has 0 saturated heterocycles. The Kier molecular flexibility index (Phi) is 3.13. The topological polar surface area (TPSA) is 65.6 Å². The number of nitrogens with zero attached hydrogens (tertiary/aromatic N) is 1. The molecular formula is C14H16N2O3. The Morgan fingerprint density at radius 2 is 2.26 bits per heavy atom. The molecule has 0 unspecified atom stereocenters. The highest BCUT2D eigenvalue weighted by Crippen LogP contribution is 2.27. The van der Waals surface area contributed by atoms with E-state index in [1.807, 2.05) is 18.2 Å². The Morgan fingerprint density at radius 1 is 1.42 bits per heavy atom. The molecule has 2 heterocycles. The molecule has 0 radical (unpaired) electrons. The average Bonchev–Trinajstić information content (AvgIpc) is 2.82. The summed E-state index contributed by atoms with van der Waals surface area (Å²) in [6.07, 6.45) is 0.447. The number of aromatic amines is 1. The molecule has 1 aliphatic heterocycles. The zero-order chi connectivity index (χ0) is 13.2. The summed E-state index contributed by atoms with van der Waals surface area (Å²) in [5.41, 5.74) is 3.48. The number of nitrogens with one attached hydrogen (secondary N) is 1. The van der Waals surface area contributed by atoms with Crippen molar-refractivity contribution in [3.05, 3.63) is 35.5 Å². The third kappa shape index (κ3) is 2.17. The molecule has 0 aliphatic carbocycles. The lowest BCUT2D eigenvalue weighted by Gasteiger charge is -2.26. The predicted molar refractivity (Wildman–Crippen MR) is 70.8 cm³/mol. The van der Waals surface area contributed by atoms with Crippen molar-refractivity contribution in [3.8, 4) is 0 Å². The normalized spacial score (nSPS) is 14.5. The lowest BCUT2D eigenvalue weighted by molar-refractivity contribution is 0.0806. The summed E-state index contributed by atoms with van der Waals surface area (Å²) in [5, 5.41) is 9.84. The number of hydrogen-bond donors (Lipinski definition) is 2. The number of carbonyl (C=O) groups excluding carboxylic acids is 1. The van der Waals surface area contributed by atoms with Crippen molar-refractivity contribution < 1.29 is 14.6 Å². The summed E-state index contributed by atoms with van der Waals surface area (Å²) < 4.78 is 4.96. The number of aromatic nitrogens is 1. The number of benzene rings is 1. The van der Waals surface area contributed by atoms with Gasteiger partial charge in [-0.3, -0.25) is 0 Å². The van der Waals surface area contributed by atoms with Gasteiger partial charge in [-0.15, -0.1) is 0 Å². The quantitative estimate of drug-likeness (QED) is 0.863.